The number of carbonyl (C=O) groups excluding carboxylic acids is 1. The fraction of sp³-hybridized carbons (Fsp3) is 0.576. The minimum Gasteiger partial charge on any atom is -0.474 e. The molecule has 0 atom stereocenters. The number of methoxy groups -OCH3 is 1. The number of hydrogen-bond donors (Lipinski definition) is 1. The molecule has 1 aliphatic rings. The number of aromatic nitrogens is 4. The van der Waals surface area contributed by atoms with Crippen molar-refractivity contribution >= 4 is 14.0 Å². The quantitative estimate of drug-likeness (QED) is 0.0960. The highest BCUT2D eigenvalue weighted by Gasteiger charge is 2.47. The van der Waals surface area contributed by atoms with Crippen molar-refractivity contribution in [1.82, 2.24) is 15.1 Å². The van der Waals surface area contributed by atoms with Gasteiger partial charge in [-0.05, 0) is 81.2 Å². The van der Waals surface area contributed by atoms with Crippen LogP contribution >= 0.6 is 0 Å². The summed E-state index contributed by atoms with van der Waals surface area (Å²) in [7, 11) is 0.225. The van der Waals surface area contributed by atoms with Gasteiger partial charge in [-0.1, -0.05) is 31.8 Å². The molecule has 0 bridgehead atoms. The van der Waals surface area contributed by atoms with Gasteiger partial charge in [-0.25, -0.2) is 4.98 Å². The maximum Gasteiger partial charge on any atom is 0.501 e. The lowest BCUT2D eigenvalue weighted by molar-refractivity contribution is -0.796. The Hall–Kier alpha value is -3.29. The first-order chi connectivity index (χ1) is 21.5. The Bertz CT molecular complexity index is 1440. The van der Waals surface area contributed by atoms with Gasteiger partial charge in [-0.15, -0.1) is 4.68 Å². The van der Waals surface area contributed by atoms with Gasteiger partial charge in [-0.3, -0.25) is 4.79 Å². The Morgan fingerprint density at radius 1 is 1.02 bits per heavy atom. The highest BCUT2D eigenvalue weighted by molar-refractivity contribution is 6.76. The first-order valence-electron chi connectivity index (χ1n) is 15.6. The van der Waals surface area contributed by atoms with Gasteiger partial charge >= 0.3 is 18.0 Å². The number of nitrogens with zero attached hydrogens (tertiary/aromatic N) is 3. The molecule has 252 valence electrons. The zero-order valence-electron chi connectivity index (χ0n) is 27.8. The van der Waals surface area contributed by atoms with Crippen molar-refractivity contribution < 1.29 is 41.6 Å². The summed E-state index contributed by atoms with van der Waals surface area (Å²) in [6, 6.07) is 11.6. The highest BCUT2D eigenvalue weighted by atomic mass is 28.3. The molecule has 4 rings (SSSR count). The minimum atomic E-state index is -4.63. The molecule has 0 spiro atoms. The van der Waals surface area contributed by atoms with Crippen molar-refractivity contribution in [3.8, 4) is 28.4 Å². The standard InChI is InChI=1S/C33H45F3N4O5Si/c1-31(2,3)45-30(41)32(21-42-4)16-14-26(15-17-32)44-27-13-12-25(20-37-27)23-8-10-24(11-9-23)28-38-29(33(34,35)36)40(39-28)22-43-18-19-46(5,6)7/h8-13,20,26H,14-19,21-22H2,1-7H3/p+1. The highest BCUT2D eigenvalue weighted by Crippen LogP contribution is 2.40. The van der Waals surface area contributed by atoms with E-state index in [0.29, 0.717) is 50.3 Å². The summed E-state index contributed by atoms with van der Waals surface area (Å²) in [5, 5.41) is 2.75. The van der Waals surface area contributed by atoms with E-state index in [4.69, 9.17) is 18.9 Å². The van der Waals surface area contributed by atoms with Crippen molar-refractivity contribution in [2.24, 2.45) is 5.41 Å². The fourth-order valence-corrected chi connectivity index (χ4v) is 6.05. The van der Waals surface area contributed by atoms with E-state index in [1.165, 1.54) is 0 Å². The van der Waals surface area contributed by atoms with Crippen LogP contribution in [-0.4, -0.2) is 61.1 Å². The van der Waals surface area contributed by atoms with Gasteiger partial charge < -0.3 is 18.9 Å². The molecule has 0 unspecified atom stereocenters. The minimum absolute atomic E-state index is 0.0894. The van der Waals surface area contributed by atoms with Gasteiger partial charge in [0.05, 0.1) is 12.0 Å². The fourth-order valence-electron chi connectivity index (χ4n) is 5.29. The zero-order chi connectivity index (χ0) is 33.8. The summed E-state index contributed by atoms with van der Waals surface area (Å²) in [5.74, 6) is -0.689. The average Bonchev–Trinajstić information content (AvgIpc) is 3.41. The lowest BCUT2D eigenvalue weighted by Crippen LogP contribution is -2.45. The van der Waals surface area contributed by atoms with Crippen LogP contribution < -0.4 is 9.42 Å². The zero-order valence-corrected chi connectivity index (χ0v) is 28.8. The molecule has 1 aromatic carbocycles. The molecular formula is C33H46F3N4O5Si+. The Balaban J connectivity index is 1.37. The third-order valence-corrected chi connectivity index (χ3v) is 9.55. The third-order valence-electron chi connectivity index (χ3n) is 7.84. The number of pyridine rings is 1. The van der Waals surface area contributed by atoms with E-state index >= 15 is 0 Å². The molecule has 0 aliphatic heterocycles. The number of hydrogen-bond acceptors (Lipinski definition) is 7. The van der Waals surface area contributed by atoms with Crippen molar-refractivity contribution in [2.75, 3.05) is 20.3 Å². The second-order valence-corrected chi connectivity index (χ2v) is 19.8. The van der Waals surface area contributed by atoms with Crippen LogP contribution in [0.3, 0.4) is 0 Å². The molecule has 0 saturated heterocycles. The third kappa shape index (κ3) is 9.61. The van der Waals surface area contributed by atoms with Gasteiger partial charge in [0.1, 0.15) is 11.7 Å². The Kier molecular flexibility index (Phi) is 11.0. The van der Waals surface area contributed by atoms with Crippen LogP contribution in [0.15, 0.2) is 42.6 Å². The van der Waals surface area contributed by atoms with Crippen LogP contribution in [0, 0.1) is 5.41 Å². The largest absolute Gasteiger partial charge is 0.501 e. The lowest BCUT2D eigenvalue weighted by atomic mass is 9.73. The smallest absolute Gasteiger partial charge is 0.474 e. The SMILES string of the molecule is COCC1(C(=O)OC(C)(C)C)CCC(Oc2ccc(-c3ccc(-c4nc(C(F)(F)F)[n+](COCC[Si](C)(C)C)[nH]4)cc3)cn2)CC1. The number of ether oxygens (including phenoxy) is 4. The van der Waals surface area contributed by atoms with Gasteiger partial charge in [0, 0.05) is 45.2 Å². The molecule has 0 amide bonds. The van der Waals surface area contributed by atoms with E-state index in [2.05, 4.69) is 34.7 Å². The molecule has 1 fully saturated rings. The average molecular weight is 664 g/mol. The van der Waals surface area contributed by atoms with Crippen LogP contribution in [-0.2, 0) is 31.9 Å². The second kappa shape index (κ2) is 14.2. The summed E-state index contributed by atoms with van der Waals surface area (Å²) < 4.78 is 64.8. The normalized spacial score (nSPS) is 19.2. The molecule has 2 aromatic heterocycles. The van der Waals surface area contributed by atoms with Crippen LogP contribution in [0.4, 0.5) is 13.2 Å². The second-order valence-electron chi connectivity index (χ2n) is 14.2. The maximum absolute atomic E-state index is 13.7. The van der Waals surface area contributed by atoms with E-state index in [1.54, 1.807) is 31.5 Å². The molecule has 46 heavy (non-hydrogen) atoms. The van der Waals surface area contributed by atoms with Crippen molar-refractivity contribution in [1.29, 1.82) is 0 Å². The molecular weight excluding hydrogens is 617 g/mol. The number of esters is 1. The van der Waals surface area contributed by atoms with E-state index in [-0.39, 0.29) is 24.6 Å². The predicted molar refractivity (Wildman–Crippen MR) is 170 cm³/mol. The predicted octanol–water partition coefficient (Wildman–Crippen LogP) is 7.05. The molecule has 2 heterocycles. The number of nitrogens with one attached hydrogen (secondary N) is 1. The van der Waals surface area contributed by atoms with Crippen LogP contribution in [0.2, 0.25) is 25.7 Å². The lowest BCUT2D eigenvalue weighted by Gasteiger charge is -2.39. The number of aromatic amines is 1. The van der Waals surface area contributed by atoms with E-state index in [1.807, 2.05) is 39.0 Å². The number of benzene rings is 1. The Morgan fingerprint density at radius 3 is 2.20 bits per heavy atom. The summed E-state index contributed by atoms with van der Waals surface area (Å²) >= 11 is 0. The summed E-state index contributed by atoms with van der Waals surface area (Å²) in [6.45, 7) is 12.6. The number of halogens is 3. The van der Waals surface area contributed by atoms with E-state index in [0.717, 1.165) is 21.9 Å². The molecule has 0 radical (unpaired) electrons. The van der Waals surface area contributed by atoms with Gasteiger partial charge in [0.25, 0.3) is 5.82 Å². The molecule has 1 saturated carbocycles. The molecule has 1 aliphatic carbocycles. The number of alkyl halides is 3. The van der Waals surface area contributed by atoms with Gasteiger partial charge in [0.2, 0.25) is 12.6 Å². The number of carbonyl (C=O) groups is 1. The molecule has 1 N–H and O–H groups in total. The van der Waals surface area contributed by atoms with Gasteiger partial charge in [0.15, 0.2) is 0 Å². The van der Waals surface area contributed by atoms with Crippen LogP contribution in [0.25, 0.3) is 22.5 Å². The number of H-pyrrole nitrogens is 1. The van der Waals surface area contributed by atoms with Crippen molar-refractivity contribution in [3.63, 3.8) is 0 Å². The first-order valence-corrected chi connectivity index (χ1v) is 19.3. The Morgan fingerprint density at radius 2 is 1.65 bits per heavy atom. The number of rotatable bonds is 12. The monoisotopic (exact) mass is 663 g/mol. The Labute approximate surface area is 269 Å². The van der Waals surface area contributed by atoms with Crippen molar-refractivity contribution in [3.05, 3.63) is 48.4 Å². The van der Waals surface area contributed by atoms with E-state index in [9.17, 15) is 18.0 Å². The van der Waals surface area contributed by atoms with Crippen molar-refractivity contribution in [2.45, 2.75) is 96.8 Å². The van der Waals surface area contributed by atoms with Crippen LogP contribution in [0.1, 0.15) is 52.3 Å². The summed E-state index contributed by atoms with van der Waals surface area (Å²) in [6.07, 6.45) is -0.499. The molecule has 13 heteroatoms. The first kappa shape index (κ1) is 35.6. The van der Waals surface area contributed by atoms with Gasteiger partial charge in [-0.2, -0.15) is 18.3 Å². The summed E-state index contributed by atoms with van der Waals surface area (Å²) in [5.41, 5.74) is 0.921. The summed E-state index contributed by atoms with van der Waals surface area (Å²) in [4.78, 5) is 21.3. The molecule has 9 nitrogen and oxygen atoms in total. The molecule has 3 aromatic rings. The van der Waals surface area contributed by atoms with Crippen LogP contribution in [0.5, 0.6) is 5.88 Å². The topological polar surface area (TPSA) is 99.4 Å². The van der Waals surface area contributed by atoms with E-state index < -0.39 is 31.1 Å². The maximum atomic E-state index is 13.7.